The van der Waals surface area contributed by atoms with E-state index < -0.39 is 11.6 Å². The molecule has 0 aliphatic rings. The van der Waals surface area contributed by atoms with Gasteiger partial charge in [-0.05, 0) is 52.9 Å². The van der Waals surface area contributed by atoms with Gasteiger partial charge in [0.05, 0.1) is 0 Å². The van der Waals surface area contributed by atoms with Crippen LogP contribution in [-0.4, -0.2) is 16.7 Å². The van der Waals surface area contributed by atoms with E-state index in [2.05, 4.69) is 42.5 Å². The van der Waals surface area contributed by atoms with Gasteiger partial charge in [-0.2, -0.15) is 0 Å². The maximum Gasteiger partial charge on any atom is 0.348 e. The molecule has 1 atom stereocenters. The highest BCUT2D eigenvalue weighted by Gasteiger charge is 2.36. The van der Waals surface area contributed by atoms with Crippen LogP contribution >= 0.6 is 0 Å². The number of hydrogen-bond acceptors (Lipinski definition) is 3. The van der Waals surface area contributed by atoms with Gasteiger partial charge in [-0.3, -0.25) is 0 Å². The molecule has 0 saturated heterocycles. The third kappa shape index (κ3) is 5.64. The molecule has 0 spiro atoms. The van der Waals surface area contributed by atoms with Gasteiger partial charge in [-0.15, -0.1) is 0 Å². The van der Waals surface area contributed by atoms with Gasteiger partial charge in [-0.25, -0.2) is 4.79 Å². The number of fused-ring (bicyclic) bond motifs is 1. The first-order valence-corrected chi connectivity index (χ1v) is 13.7. The molecule has 0 bridgehead atoms. The Hall–Kier alpha value is -5.09. The minimum Gasteiger partial charge on any atom is -0.478 e. The molecular formula is C37H30O4. The number of hydrogen-bond donors (Lipinski definition) is 1. The first-order chi connectivity index (χ1) is 20.0. The summed E-state index contributed by atoms with van der Waals surface area (Å²) in [6, 6.07) is 44.1. The summed E-state index contributed by atoms with van der Waals surface area (Å²) in [7, 11) is 0. The summed E-state index contributed by atoms with van der Waals surface area (Å²) < 4.78 is 12.3. The van der Waals surface area contributed by atoms with Crippen LogP contribution in [0.3, 0.4) is 0 Å². The molecule has 6 aromatic rings. The van der Waals surface area contributed by atoms with Gasteiger partial charge >= 0.3 is 5.97 Å². The van der Waals surface area contributed by atoms with Crippen molar-refractivity contribution in [2.75, 3.05) is 0 Å². The zero-order valence-corrected chi connectivity index (χ0v) is 22.8. The molecule has 0 radical (unpaired) electrons. The second-order valence-electron chi connectivity index (χ2n) is 10.5. The highest BCUT2D eigenvalue weighted by atomic mass is 16.5. The molecule has 0 aliphatic heterocycles. The number of para-hydroxylation sites is 1. The number of benzene rings is 5. The largest absolute Gasteiger partial charge is 0.478 e. The van der Waals surface area contributed by atoms with Gasteiger partial charge in [-0.1, -0.05) is 115 Å². The van der Waals surface area contributed by atoms with Crippen LogP contribution in [0, 0.1) is 0 Å². The van der Waals surface area contributed by atoms with E-state index in [9.17, 15) is 9.90 Å². The van der Waals surface area contributed by atoms with Crippen molar-refractivity contribution in [1.82, 2.24) is 0 Å². The monoisotopic (exact) mass is 538 g/mol. The molecule has 41 heavy (non-hydrogen) atoms. The fraction of sp³-hybridized carbons (Fsp3) is 0.108. The van der Waals surface area contributed by atoms with E-state index in [1.54, 1.807) is 6.92 Å². The summed E-state index contributed by atoms with van der Waals surface area (Å²) in [4.78, 5) is 12.1. The van der Waals surface area contributed by atoms with E-state index in [1.807, 2.05) is 91.0 Å². The first-order valence-electron chi connectivity index (χ1n) is 13.7. The number of carboxylic acids is 1. The smallest absolute Gasteiger partial charge is 0.348 e. The Kier molecular flexibility index (Phi) is 7.13. The van der Waals surface area contributed by atoms with Gasteiger partial charge in [0.25, 0.3) is 0 Å². The molecule has 1 unspecified atom stereocenters. The Balaban J connectivity index is 1.24. The van der Waals surface area contributed by atoms with Crippen LogP contribution in [0.5, 0.6) is 5.75 Å². The standard InChI is InChI=1S/C37H30O4/c1-37(36(38)39,25-27-12-6-3-7-13-27)41-31-22-20-29(21-23-31)28-16-18-30(19-17-28)35-32-14-8-9-15-33(32)40-34(35)24-26-10-4-2-5-11-26/h2-23H,24-25H2,1H3,(H,38,39). The number of furan rings is 1. The normalized spacial score (nSPS) is 12.6. The molecule has 1 aromatic heterocycles. The minimum atomic E-state index is -1.38. The fourth-order valence-corrected chi connectivity index (χ4v) is 5.26. The van der Waals surface area contributed by atoms with Crippen LogP contribution < -0.4 is 4.74 Å². The van der Waals surface area contributed by atoms with Crippen molar-refractivity contribution in [1.29, 1.82) is 0 Å². The molecule has 1 heterocycles. The van der Waals surface area contributed by atoms with E-state index >= 15 is 0 Å². The Bertz CT molecular complexity index is 1770. The zero-order valence-electron chi connectivity index (χ0n) is 22.8. The fourth-order valence-electron chi connectivity index (χ4n) is 5.26. The number of rotatable bonds is 9. The average molecular weight is 539 g/mol. The predicted octanol–water partition coefficient (Wildman–Crippen LogP) is 8.82. The highest BCUT2D eigenvalue weighted by Crippen LogP contribution is 2.37. The van der Waals surface area contributed by atoms with E-state index in [4.69, 9.17) is 9.15 Å². The van der Waals surface area contributed by atoms with Crippen molar-refractivity contribution in [3.63, 3.8) is 0 Å². The molecule has 0 saturated carbocycles. The van der Waals surface area contributed by atoms with Crippen LogP contribution in [0.15, 0.2) is 138 Å². The van der Waals surface area contributed by atoms with Crippen molar-refractivity contribution in [2.24, 2.45) is 0 Å². The average Bonchev–Trinajstić information content (AvgIpc) is 3.36. The lowest BCUT2D eigenvalue weighted by molar-refractivity contribution is -0.153. The van der Waals surface area contributed by atoms with Gasteiger partial charge in [0.15, 0.2) is 0 Å². The molecule has 0 aliphatic carbocycles. The van der Waals surface area contributed by atoms with Crippen molar-refractivity contribution < 1.29 is 19.1 Å². The maximum atomic E-state index is 12.1. The second kappa shape index (κ2) is 11.2. The molecule has 0 amide bonds. The molecule has 5 aromatic carbocycles. The Morgan fingerprint density at radius 1 is 0.683 bits per heavy atom. The topological polar surface area (TPSA) is 59.7 Å². The lowest BCUT2D eigenvalue weighted by Gasteiger charge is -2.26. The Labute approximate surface area is 239 Å². The maximum absolute atomic E-state index is 12.1. The summed E-state index contributed by atoms with van der Waals surface area (Å²) in [5.74, 6) is 0.463. The van der Waals surface area contributed by atoms with Gasteiger partial charge in [0.2, 0.25) is 5.60 Å². The number of carbonyl (C=O) groups is 1. The van der Waals surface area contributed by atoms with E-state index in [0.717, 1.165) is 44.5 Å². The Morgan fingerprint density at radius 2 is 1.22 bits per heavy atom. The highest BCUT2D eigenvalue weighted by molar-refractivity contribution is 5.96. The third-order valence-corrected chi connectivity index (χ3v) is 7.42. The molecule has 6 rings (SSSR count). The SMILES string of the molecule is CC(Cc1ccccc1)(Oc1ccc(-c2ccc(-c3c(Cc4ccccc4)oc4ccccc34)cc2)cc1)C(=O)O. The molecular weight excluding hydrogens is 508 g/mol. The first kappa shape index (κ1) is 26.1. The van der Waals surface area contributed by atoms with Gasteiger partial charge in [0.1, 0.15) is 17.1 Å². The van der Waals surface area contributed by atoms with Crippen LogP contribution in [-0.2, 0) is 17.6 Å². The summed E-state index contributed by atoms with van der Waals surface area (Å²) in [6.07, 6.45) is 0.981. The minimum absolute atomic E-state index is 0.265. The van der Waals surface area contributed by atoms with Gasteiger partial charge < -0.3 is 14.3 Å². The van der Waals surface area contributed by atoms with Crippen LogP contribution in [0.25, 0.3) is 33.2 Å². The Morgan fingerprint density at radius 3 is 1.85 bits per heavy atom. The van der Waals surface area contributed by atoms with E-state index in [-0.39, 0.29) is 6.42 Å². The van der Waals surface area contributed by atoms with Crippen LogP contribution in [0.4, 0.5) is 0 Å². The quantitative estimate of drug-likeness (QED) is 0.200. The number of aliphatic carboxylic acids is 1. The lowest BCUT2D eigenvalue weighted by Crippen LogP contribution is -2.43. The zero-order chi connectivity index (χ0) is 28.2. The summed E-state index contributed by atoms with van der Waals surface area (Å²) >= 11 is 0. The molecule has 4 nitrogen and oxygen atoms in total. The van der Waals surface area contributed by atoms with Crippen LogP contribution in [0.1, 0.15) is 23.8 Å². The van der Waals surface area contributed by atoms with Crippen molar-refractivity contribution in [3.8, 4) is 28.0 Å². The number of ether oxygens (including phenoxy) is 1. The predicted molar refractivity (Wildman–Crippen MR) is 163 cm³/mol. The lowest BCUT2D eigenvalue weighted by atomic mass is 9.96. The van der Waals surface area contributed by atoms with E-state index in [0.29, 0.717) is 12.2 Å². The van der Waals surface area contributed by atoms with Crippen molar-refractivity contribution in [2.45, 2.75) is 25.4 Å². The summed E-state index contributed by atoms with van der Waals surface area (Å²) in [5, 5.41) is 11.0. The molecule has 0 fully saturated rings. The third-order valence-electron chi connectivity index (χ3n) is 7.42. The summed E-state index contributed by atoms with van der Waals surface area (Å²) in [5.41, 5.74) is 5.91. The molecule has 202 valence electrons. The van der Waals surface area contributed by atoms with Crippen LogP contribution in [0.2, 0.25) is 0 Å². The number of carboxylic acid groups (broad SMARTS) is 1. The molecule has 4 heteroatoms. The van der Waals surface area contributed by atoms with E-state index in [1.165, 1.54) is 5.56 Å². The molecule has 1 N–H and O–H groups in total. The van der Waals surface area contributed by atoms with Crippen molar-refractivity contribution >= 4 is 16.9 Å². The second-order valence-corrected chi connectivity index (χ2v) is 10.5. The van der Waals surface area contributed by atoms with Crippen molar-refractivity contribution in [3.05, 3.63) is 150 Å². The van der Waals surface area contributed by atoms with Gasteiger partial charge in [0, 0.05) is 23.8 Å². The summed E-state index contributed by atoms with van der Waals surface area (Å²) in [6.45, 7) is 1.61.